The molecule has 406 valence electrons. The summed E-state index contributed by atoms with van der Waals surface area (Å²) in [5, 5.41) is 0. The fourth-order valence-corrected chi connectivity index (χ4v) is 9.26. The molecule has 0 spiro atoms. The van der Waals surface area contributed by atoms with Crippen LogP contribution in [0.1, 0.15) is 342 Å². The van der Waals surface area contributed by atoms with Gasteiger partial charge < -0.3 is 14.2 Å². The maximum Gasteiger partial charge on any atom is 0.306 e. The lowest BCUT2D eigenvalue weighted by atomic mass is 10.0. The van der Waals surface area contributed by atoms with Crippen LogP contribution in [0.15, 0.2) is 24.3 Å². The Morgan fingerprint density at radius 3 is 0.725 bits per heavy atom. The zero-order valence-electron chi connectivity index (χ0n) is 46.6. The Bertz CT molecular complexity index is 1060. The number of hydrogen-bond acceptors (Lipinski definition) is 6. The van der Waals surface area contributed by atoms with Crippen LogP contribution in [-0.4, -0.2) is 37.2 Å². The van der Waals surface area contributed by atoms with Crippen molar-refractivity contribution < 1.29 is 28.6 Å². The molecule has 69 heavy (non-hydrogen) atoms. The first-order chi connectivity index (χ1) is 34.0. The molecule has 0 heterocycles. The highest BCUT2D eigenvalue weighted by Crippen LogP contribution is 2.17. The molecule has 6 nitrogen and oxygen atoms in total. The molecule has 0 aromatic rings. The minimum atomic E-state index is -0.775. The van der Waals surface area contributed by atoms with Gasteiger partial charge >= 0.3 is 17.9 Å². The molecule has 0 saturated heterocycles. The fraction of sp³-hybridized carbons (Fsp3) is 0.889. The summed E-state index contributed by atoms with van der Waals surface area (Å²) in [6.07, 6.45) is 68.9. The predicted octanol–water partition coefficient (Wildman–Crippen LogP) is 20.7. The summed E-state index contributed by atoms with van der Waals surface area (Å²) in [6.45, 7) is 6.67. The van der Waals surface area contributed by atoms with Crippen molar-refractivity contribution >= 4 is 17.9 Å². The van der Waals surface area contributed by atoms with Crippen LogP contribution in [0.25, 0.3) is 0 Å². The monoisotopic (exact) mass is 971 g/mol. The Balaban J connectivity index is 4.31. The molecule has 0 aromatic carbocycles. The summed E-state index contributed by atoms with van der Waals surface area (Å²) >= 11 is 0. The lowest BCUT2D eigenvalue weighted by Gasteiger charge is -2.18. The zero-order valence-corrected chi connectivity index (χ0v) is 46.6. The average Bonchev–Trinajstić information content (AvgIpc) is 3.35. The van der Waals surface area contributed by atoms with Crippen molar-refractivity contribution in [3.63, 3.8) is 0 Å². The molecule has 0 unspecified atom stereocenters. The van der Waals surface area contributed by atoms with Crippen LogP contribution >= 0.6 is 0 Å². The van der Waals surface area contributed by atoms with Gasteiger partial charge in [-0.15, -0.1) is 0 Å². The predicted molar refractivity (Wildman–Crippen MR) is 298 cm³/mol. The van der Waals surface area contributed by atoms with Crippen LogP contribution in [0.3, 0.4) is 0 Å². The van der Waals surface area contributed by atoms with Crippen molar-refractivity contribution in [3.05, 3.63) is 24.3 Å². The quantitative estimate of drug-likeness (QED) is 0.0261. The van der Waals surface area contributed by atoms with Gasteiger partial charge in [-0.25, -0.2) is 0 Å². The smallest absolute Gasteiger partial charge is 0.306 e. The topological polar surface area (TPSA) is 78.9 Å². The molecule has 0 saturated carbocycles. The number of ether oxygens (including phenoxy) is 3. The highest BCUT2D eigenvalue weighted by atomic mass is 16.6. The third-order valence-corrected chi connectivity index (χ3v) is 13.9. The number of carbonyl (C=O) groups is 3. The Labute approximate surface area is 430 Å². The van der Waals surface area contributed by atoms with Crippen LogP contribution in [0.5, 0.6) is 0 Å². The minimum absolute atomic E-state index is 0.0738. The second-order valence-corrected chi connectivity index (χ2v) is 21.0. The molecular weight excluding hydrogens is 853 g/mol. The molecule has 0 aromatic heterocycles. The van der Waals surface area contributed by atoms with Gasteiger partial charge in [0.1, 0.15) is 13.2 Å². The number of rotatable bonds is 57. The fourth-order valence-electron chi connectivity index (χ4n) is 9.26. The van der Waals surface area contributed by atoms with Crippen molar-refractivity contribution in [2.45, 2.75) is 348 Å². The van der Waals surface area contributed by atoms with Crippen LogP contribution in [0.2, 0.25) is 0 Å². The Hall–Kier alpha value is -2.11. The van der Waals surface area contributed by atoms with E-state index in [0.717, 1.165) is 70.6 Å². The minimum Gasteiger partial charge on any atom is -0.462 e. The number of esters is 3. The van der Waals surface area contributed by atoms with Gasteiger partial charge in [0.25, 0.3) is 0 Å². The van der Waals surface area contributed by atoms with Crippen molar-refractivity contribution in [1.82, 2.24) is 0 Å². The van der Waals surface area contributed by atoms with Gasteiger partial charge in [0, 0.05) is 19.3 Å². The molecule has 0 bridgehead atoms. The molecule has 0 atom stereocenters. The second kappa shape index (κ2) is 58.5. The highest BCUT2D eigenvalue weighted by Gasteiger charge is 2.19. The standard InChI is InChI=1S/C63H118O6/c1-4-7-10-13-16-19-22-25-28-29-30-31-32-33-36-39-42-45-48-51-54-57-63(66)69-60(58-67-61(64)55-52-49-46-43-40-37-34-26-23-20-17-14-11-8-5-2)59-68-62(65)56-53-50-47-44-41-38-35-27-24-21-18-15-12-9-6-3/h26-27,34-35,60H,4-25,28-33,36-59H2,1-3H3/b34-26+,35-27+. The maximum absolute atomic E-state index is 12.9. The lowest BCUT2D eigenvalue weighted by Crippen LogP contribution is -2.30. The summed E-state index contributed by atoms with van der Waals surface area (Å²) < 4.78 is 16.9. The van der Waals surface area contributed by atoms with E-state index in [1.54, 1.807) is 0 Å². The average molecular weight is 972 g/mol. The molecule has 0 aliphatic rings. The summed E-state index contributed by atoms with van der Waals surface area (Å²) in [7, 11) is 0. The van der Waals surface area contributed by atoms with Crippen molar-refractivity contribution in [2.24, 2.45) is 0 Å². The first kappa shape index (κ1) is 66.9. The van der Waals surface area contributed by atoms with Crippen LogP contribution < -0.4 is 0 Å². The molecular formula is C63H118O6. The van der Waals surface area contributed by atoms with Gasteiger partial charge in [0.15, 0.2) is 6.10 Å². The van der Waals surface area contributed by atoms with E-state index in [4.69, 9.17) is 14.2 Å². The highest BCUT2D eigenvalue weighted by molar-refractivity contribution is 5.71. The molecule has 0 aliphatic carbocycles. The molecule has 0 radical (unpaired) electrons. The summed E-state index contributed by atoms with van der Waals surface area (Å²) in [6, 6.07) is 0. The van der Waals surface area contributed by atoms with Crippen LogP contribution in [0, 0.1) is 0 Å². The lowest BCUT2D eigenvalue weighted by molar-refractivity contribution is -0.167. The van der Waals surface area contributed by atoms with Crippen molar-refractivity contribution in [1.29, 1.82) is 0 Å². The van der Waals surface area contributed by atoms with Crippen LogP contribution in [0.4, 0.5) is 0 Å². The number of hydrogen-bond donors (Lipinski definition) is 0. The first-order valence-electron chi connectivity index (χ1n) is 30.8. The Morgan fingerprint density at radius 1 is 0.275 bits per heavy atom. The van der Waals surface area contributed by atoms with E-state index < -0.39 is 6.10 Å². The molecule has 0 aliphatic heterocycles. The van der Waals surface area contributed by atoms with E-state index >= 15 is 0 Å². The number of allylic oxidation sites excluding steroid dienone is 4. The largest absolute Gasteiger partial charge is 0.462 e. The van der Waals surface area contributed by atoms with Gasteiger partial charge in [0.05, 0.1) is 0 Å². The maximum atomic E-state index is 12.9. The van der Waals surface area contributed by atoms with E-state index in [1.165, 1.54) is 231 Å². The Kier molecular flexibility index (Phi) is 56.7. The Morgan fingerprint density at radius 2 is 0.478 bits per heavy atom. The van der Waals surface area contributed by atoms with Gasteiger partial charge in [-0.05, 0) is 70.6 Å². The third kappa shape index (κ3) is 56.7. The molecule has 6 heteroatoms. The van der Waals surface area contributed by atoms with E-state index in [-0.39, 0.29) is 31.1 Å². The summed E-state index contributed by atoms with van der Waals surface area (Å²) in [4.78, 5) is 38.2. The molecule has 0 rings (SSSR count). The summed E-state index contributed by atoms with van der Waals surface area (Å²) in [5.74, 6) is -0.866. The van der Waals surface area contributed by atoms with Gasteiger partial charge in [-0.2, -0.15) is 0 Å². The van der Waals surface area contributed by atoms with Gasteiger partial charge in [-0.3, -0.25) is 14.4 Å². The van der Waals surface area contributed by atoms with E-state index in [0.29, 0.717) is 19.3 Å². The van der Waals surface area contributed by atoms with Gasteiger partial charge in [-0.1, -0.05) is 276 Å². The number of carbonyl (C=O) groups excluding carboxylic acids is 3. The molecule has 0 N–H and O–H groups in total. The molecule has 0 fully saturated rings. The normalized spacial score (nSPS) is 11.7. The van der Waals surface area contributed by atoms with Gasteiger partial charge in [0.2, 0.25) is 0 Å². The van der Waals surface area contributed by atoms with E-state index in [1.807, 2.05) is 0 Å². The second-order valence-electron chi connectivity index (χ2n) is 21.0. The first-order valence-corrected chi connectivity index (χ1v) is 30.8. The summed E-state index contributed by atoms with van der Waals surface area (Å²) in [5.41, 5.74) is 0. The number of unbranched alkanes of at least 4 members (excludes halogenated alkanes) is 42. The zero-order chi connectivity index (χ0) is 50.0. The SMILES string of the molecule is CCCCCCCC/C=C/CCCCCCCC(=O)OCC(COC(=O)CCCCCCC/C=C/CCCCCCCC)OC(=O)CCCCCCCCCCCCCCCCCCCCCCC. The van der Waals surface area contributed by atoms with Crippen molar-refractivity contribution in [2.75, 3.05) is 13.2 Å². The third-order valence-electron chi connectivity index (χ3n) is 13.9. The van der Waals surface area contributed by atoms with Crippen LogP contribution in [-0.2, 0) is 28.6 Å². The van der Waals surface area contributed by atoms with E-state index in [2.05, 4.69) is 45.1 Å². The van der Waals surface area contributed by atoms with Crippen molar-refractivity contribution in [3.8, 4) is 0 Å². The van der Waals surface area contributed by atoms with E-state index in [9.17, 15) is 14.4 Å². The molecule has 0 amide bonds.